The van der Waals surface area contributed by atoms with E-state index in [4.69, 9.17) is 4.74 Å². The average Bonchev–Trinajstić information content (AvgIpc) is 2.88. The lowest BCUT2D eigenvalue weighted by Crippen LogP contribution is -2.19. The van der Waals surface area contributed by atoms with E-state index in [0.717, 1.165) is 35.7 Å². The van der Waals surface area contributed by atoms with E-state index in [-0.39, 0.29) is 0 Å². The fourth-order valence-electron chi connectivity index (χ4n) is 1.95. The Morgan fingerprint density at radius 1 is 1.25 bits per heavy atom. The summed E-state index contributed by atoms with van der Waals surface area (Å²) >= 11 is 0. The Morgan fingerprint density at radius 3 is 2.65 bits per heavy atom. The number of benzene rings is 1. The predicted molar refractivity (Wildman–Crippen MR) is 80.8 cm³/mol. The quantitative estimate of drug-likeness (QED) is 0.807. The van der Waals surface area contributed by atoms with Gasteiger partial charge in [-0.2, -0.15) is 5.10 Å². The van der Waals surface area contributed by atoms with Crippen LogP contribution in [-0.4, -0.2) is 49.4 Å². The molecule has 1 heterocycles. The van der Waals surface area contributed by atoms with E-state index in [2.05, 4.69) is 32.5 Å². The molecule has 0 bridgehead atoms. The molecule has 0 fully saturated rings. The molecule has 0 atom stereocenters. The van der Waals surface area contributed by atoms with Crippen molar-refractivity contribution >= 4 is 0 Å². The molecule has 5 nitrogen and oxygen atoms in total. The number of hydrogen-bond donors (Lipinski definition) is 2. The summed E-state index contributed by atoms with van der Waals surface area (Å²) in [5, 5.41) is 10.3. The molecular weight excluding hydrogens is 252 g/mol. The minimum atomic E-state index is 0.696. The Hall–Kier alpha value is -1.85. The van der Waals surface area contributed by atoms with Crippen molar-refractivity contribution in [1.29, 1.82) is 0 Å². The molecule has 0 aliphatic heterocycles. The number of aromatic amines is 1. The number of aromatic nitrogens is 2. The van der Waals surface area contributed by atoms with E-state index in [9.17, 15) is 0 Å². The van der Waals surface area contributed by atoms with Crippen molar-refractivity contribution in [3.63, 3.8) is 0 Å². The van der Waals surface area contributed by atoms with Crippen LogP contribution in [0.15, 0.2) is 30.5 Å². The first-order valence-corrected chi connectivity index (χ1v) is 6.75. The maximum absolute atomic E-state index is 5.69. The molecule has 5 heteroatoms. The van der Waals surface area contributed by atoms with Gasteiger partial charge < -0.3 is 15.0 Å². The van der Waals surface area contributed by atoms with Crippen molar-refractivity contribution in [2.24, 2.45) is 0 Å². The molecule has 0 aliphatic rings. The monoisotopic (exact) mass is 274 g/mol. The molecule has 0 unspecified atom stereocenters. The Balaban J connectivity index is 2.02. The van der Waals surface area contributed by atoms with Gasteiger partial charge in [-0.05, 0) is 45.4 Å². The van der Waals surface area contributed by atoms with Gasteiger partial charge in [0.15, 0.2) is 0 Å². The molecule has 0 radical (unpaired) electrons. The molecule has 2 N–H and O–H groups in total. The number of H-pyrrole nitrogens is 1. The average molecular weight is 274 g/mol. The second kappa shape index (κ2) is 7.07. The third-order valence-corrected chi connectivity index (χ3v) is 3.04. The van der Waals surface area contributed by atoms with Gasteiger partial charge in [0.25, 0.3) is 0 Å². The van der Waals surface area contributed by atoms with Crippen molar-refractivity contribution in [1.82, 2.24) is 20.4 Å². The van der Waals surface area contributed by atoms with E-state index in [1.165, 1.54) is 0 Å². The summed E-state index contributed by atoms with van der Waals surface area (Å²) < 4.78 is 5.69. The fraction of sp³-hybridized carbons (Fsp3) is 0.400. The summed E-state index contributed by atoms with van der Waals surface area (Å²) in [6.07, 6.45) is 1.85. The summed E-state index contributed by atoms with van der Waals surface area (Å²) in [6, 6.07) is 8.10. The van der Waals surface area contributed by atoms with Crippen molar-refractivity contribution in [3.8, 4) is 17.0 Å². The predicted octanol–water partition coefficient (Wildman–Crippen LogP) is 1.74. The lowest BCUT2D eigenvalue weighted by molar-refractivity contribution is 0.261. The van der Waals surface area contributed by atoms with Crippen LogP contribution in [0, 0.1) is 0 Å². The molecule has 0 spiro atoms. The lowest BCUT2D eigenvalue weighted by atomic mass is 10.1. The van der Waals surface area contributed by atoms with Gasteiger partial charge >= 0.3 is 0 Å². The molecule has 0 amide bonds. The highest BCUT2D eigenvalue weighted by Gasteiger charge is 2.07. The normalized spacial score (nSPS) is 11.0. The Labute approximate surface area is 119 Å². The molecule has 0 aliphatic carbocycles. The largest absolute Gasteiger partial charge is 0.492 e. The van der Waals surface area contributed by atoms with Gasteiger partial charge in [-0.25, -0.2) is 0 Å². The topological polar surface area (TPSA) is 53.2 Å². The summed E-state index contributed by atoms with van der Waals surface area (Å²) in [5.41, 5.74) is 3.33. The molecule has 2 aromatic rings. The molecule has 1 aromatic carbocycles. The van der Waals surface area contributed by atoms with Crippen LogP contribution in [-0.2, 0) is 6.54 Å². The van der Waals surface area contributed by atoms with E-state index in [1.807, 2.05) is 39.5 Å². The molecule has 20 heavy (non-hydrogen) atoms. The van der Waals surface area contributed by atoms with Gasteiger partial charge in [-0.1, -0.05) is 0 Å². The Kier molecular flexibility index (Phi) is 5.15. The van der Waals surface area contributed by atoms with Crippen LogP contribution >= 0.6 is 0 Å². The second-order valence-electron chi connectivity index (χ2n) is 4.98. The smallest absolute Gasteiger partial charge is 0.119 e. The minimum Gasteiger partial charge on any atom is -0.492 e. The minimum absolute atomic E-state index is 0.696. The van der Waals surface area contributed by atoms with Crippen molar-refractivity contribution in [2.45, 2.75) is 6.54 Å². The van der Waals surface area contributed by atoms with Gasteiger partial charge in [0.1, 0.15) is 12.4 Å². The van der Waals surface area contributed by atoms with Crippen LogP contribution in [0.2, 0.25) is 0 Å². The van der Waals surface area contributed by atoms with Crippen molar-refractivity contribution in [3.05, 3.63) is 36.0 Å². The lowest BCUT2D eigenvalue weighted by Gasteiger charge is -2.11. The number of nitrogens with zero attached hydrogens (tertiary/aromatic N) is 2. The zero-order chi connectivity index (χ0) is 14.4. The molecule has 2 rings (SSSR count). The van der Waals surface area contributed by atoms with E-state index >= 15 is 0 Å². The number of likely N-dealkylation sites (N-methyl/N-ethyl adjacent to an activating group) is 1. The van der Waals surface area contributed by atoms with Gasteiger partial charge in [0.05, 0.1) is 11.9 Å². The number of nitrogens with one attached hydrogen (secondary N) is 2. The van der Waals surface area contributed by atoms with E-state index < -0.39 is 0 Å². The van der Waals surface area contributed by atoms with Gasteiger partial charge in [0.2, 0.25) is 0 Å². The first-order chi connectivity index (χ1) is 9.70. The number of rotatable bonds is 7. The summed E-state index contributed by atoms with van der Waals surface area (Å²) in [7, 11) is 6.00. The first-order valence-electron chi connectivity index (χ1n) is 6.75. The van der Waals surface area contributed by atoms with Crippen LogP contribution in [0.3, 0.4) is 0 Å². The third-order valence-electron chi connectivity index (χ3n) is 3.04. The molecule has 0 saturated heterocycles. The molecule has 0 saturated carbocycles. The highest BCUT2D eigenvalue weighted by Crippen LogP contribution is 2.23. The van der Waals surface area contributed by atoms with Crippen molar-refractivity contribution < 1.29 is 4.74 Å². The maximum atomic E-state index is 5.69. The van der Waals surface area contributed by atoms with Crippen LogP contribution in [0.25, 0.3) is 11.3 Å². The van der Waals surface area contributed by atoms with Gasteiger partial charge in [0, 0.05) is 24.2 Å². The molecule has 108 valence electrons. The molecule has 1 aromatic heterocycles. The van der Waals surface area contributed by atoms with E-state index in [1.54, 1.807) is 0 Å². The number of ether oxygens (including phenoxy) is 1. The van der Waals surface area contributed by atoms with Crippen LogP contribution in [0.4, 0.5) is 0 Å². The maximum Gasteiger partial charge on any atom is 0.119 e. The Morgan fingerprint density at radius 2 is 2.00 bits per heavy atom. The fourth-order valence-corrected chi connectivity index (χ4v) is 1.95. The van der Waals surface area contributed by atoms with Crippen molar-refractivity contribution in [2.75, 3.05) is 34.3 Å². The summed E-state index contributed by atoms with van der Waals surface area (Å²) in [6.45, 7) is 2.41. The van der Waals surface area contributed by atoms with Crippen LogP contribution in [0.5, 0.6) is 5.75 Å². The third kappa shape index (κ3) is 3.82. The SMILES string of the molecule is CNCc1cn[nH]c1-c1ccc(OCCN(C)C)cc1. The zero-order valence-electron chi connectivity index (χ0n) is 12.3. The zero-order valence-corrected chi connectivity index (χ0v) is 12.3. The number of hydrogen-bond acceptors (Lipinski definition) is 4. The highest BCUT2D eigenvalue weighted by molar-refractivity contribution is 5.63. The van der Waals surface area contributed by atoms with Gasteiger partial charge in [-0.3, -0.25) is 5.10 Å². The highest BCUT2D eigenvalue weighted by atomic mass is 16.5. The first kappa shape index (κ1) is 14.6. The van der Waals surface area contributed by atoms with E-state index in [0.29, 0.717) is 6.61 Å². The Bertz CT molecular complexity index is 519. The second-order valence-corrected chi connectivity index (χ2v) is 4.98. The van der Waals surface area contributed by atoms with Crippen LogP contribution in [0.1, 0.15) is 5.56 Å². The standard InChI is InChI=1S/C15H22N4O/c1-16-10-13-11-17-18-15(13)12-4-6-14(7-5-12)20-9-8-19(2)3/h4-7,11,16H,8-10H2,1-3H3,(H,17,18). The molecular formula is C15H22N4O. The van der Waals surface area contributed by atoms with Gasteiger partial charge in [-0.15, -0.1) is 0 Å². The summed E-state index contributed by atoms with van der Waals surface area (Å²) in [4.78, 5) is 2.10. The van der Waals surface area contributed by atoms with Crippen LogP contribution < -0.4 is 10.1 Å². The summed E-state index contributed by atoms with van der Waals surface area (Å²) in [5.74, 6) is 0.894.